The van der Waals surface area contributed by atoms with Crippen LogP contribution in [0.3, 0.4) is 0 Å². The van der Waals surface area contributed by atoms with E-state index in [1.54, 1.807) is 0 Å². The van der Waals surface area contributed by atoms with Crippen LogP contribution in [0.1, 0.15) is 12.6 Å². The van der Waals surface area contributed by atoms with Crippen LogP contribution in [0.2, 0.25) is 5.28 Å². The van der Waals surface area contributed by atoms with Crippen LogP contribution in [0.15, 0.2) is 17.2 Å². The summed E-state index contributed by atoms with van der Waals surface area (Å²) in [5.41, 5.74) is 0.483. The number of anilines is 1. The van der Waals surface area contributed by atoms with Crippen LogP contribution in [-0.2, 0) is 31.2 Å². The standard InChI is InChI=1S/C20H19ClN6O8S/c1-3-19(33)10(5-34-20(15(29)30,16(31)32)4-9-6-36-8-24-9)35-18(2,14(19)28)27-7-23-11-12(22)25-17(21)26-13(11)27/h1,6-8,10,14,28,33H,4-5H2,2H3,(H,29,30)(H,31,32)(H2,22,25,26)/t10-,14+,18-,19-/m1/s1. The highest BCUT2D eigenvalue weighted by molar-refractivity contribution is 7.07. The number of hydrogen-bond acceptors (Lipinski definition) is 12. The second kappa shape index (κ2) is 8.92. The number of nitrogens with two attached hydrogens (primary N) is 1. The summed E-state index contributed by atoms with van der Waals surface area (Å²) >= 11 is 7.04. The van der Waals surface area contributed by atoms with Crippen molar-refractivity contribution >= 4 is 51.9 Å². The monoisotopic (exact) mass is 538 g/mol. The van der Waals surface area contributed by atoms with E-state index in [9.17, 15) is 30.0 Å². The lowest BCUT2D eigenvalue weighted by atomic mass is 9.89. The second-order valence-corrected chi connectivity index (χ2v) is 9.16. The number of halogens is 1. The first-order valence-corrected chi connectivity index (χ1v) is 11.4. The molecule has 4 atom stereocenters. The predicted octanol–water partition coefficient (Wildman–Crippen LogP) is -0.518. The summed E-state index contributed by atoms with van der Waals surface area (Å²) in [4.78, 5) is 39.9. The smallest absolute Gasteiger partial charge is 0.348 e. The summed E-state index contributed by atoms with van der Waals surface area (Å²) < 4.78 is 12.5. The lowest BCUT2D eigenvalue weighted by molar-refractivity contribution is -0.194. The molecular weight excluding hydrogens is 520 g/mol. The Bertz CT molecular complexity index is 1360. The minimum atomic E-state index is -2.78. The van der Waals surface area contributed by atoms with Crippen molar-refractivity contribution in [3.05, 3.63) is 28.2 Å². The number of aliphatic hydroxyl groups is 2. The van der Waals surface area contributed by atoms with Crippen molar-refractivity contribution in [3.8, 4) is 12.3 Å². The van der Waals surface area contributed by atoms with E-state index in [2.05, 4.69) is 19.9 Å². The van der Waals surface area contributed by atoms with Crippen molar-refractivity contribution in [2.75, 3.05) is 12.3 Å². The van der Waals surface area contributed by atoms with Crippen LogP contribution in [0.25, 0.3) is 11.2 Å². The van der Waals surface area contributed by atoms with Gasteiger partial charge in [0.2, 0.25) is 5.28 Å². The molecule has 1 saturated heterocycles. The van der Waals surface area contributed by atoms with Crippen LogP contribution in [0.4, 0.5) is 5.82 Å². The molecule has 3 aromatic heterocycles. The first-order valence-electron chi connectivity index (χ1n) is 10.1. The van der Waals surface area contributed by atoms with E-state index >= 15 is 0 Å². The number of carboxylic acids is 2. The molecule has 0 aliphatic carbocycles. The Balaban J connectivity index is 1.70. The fourth-order valence-corrected chi connectivity index (χ4v) is 4.71. The largest absolute Gasteiger partial charge is 0.479 e. The molecule has 36 heavy (non-hydrogen) atoms. The number of fused-ring (bicyclic) bond motifs is 1. The van der Waals surface area contributed by atoms with Crippen molar-refractivity contribution in [2.45, 2.75) is 42.5 Å². The molecule has 0 radical (unpaired) electrons. The summed E-state index contributed by atoms with van der Waals surface area (Å²) in [6.45, 7) is 0.519. The van der Waals surface area contributed by atoms with E-state index in [0.29, 0.717) is 0 Å². The normalized spacial score (nSPS) is 26.2. The van der Waals surface area contributed by atoms with Gasteiger partial charge in [0.15, 0.2) is 22.8 Å². The van der Waals surface area contributed by atoms with E-state index in [0.717, 1.165) is 11.3 Å². The molecule has 190 valence electrons. The van der Waals surface area contributed by atoms with Gasteiger partial charge in [0.05, 0.1) is 24.1 Å². The van der Waals surface area contributed by atoms with Gasteiger partial charge in [0.1, 0.15) is 17.7 Å². The Morgan fingerprint density at radius 3 is 2.67 bits per heavy atom. The van der Waals surface area contributed by atoms with E-state index in [1.807, 2.05) is 5.92 Å². The van der Waals surface area contributed by atoms with Crippen molar-refractivity contribution in [2.24, 2.45) is 0 Å². The summed E-state index contributed by atoms with van der Waals surface area (Å²) in [5, 5.41) is 43.0. The number of nitrogen functional groups attached to an aromatic ring is 1. The predicted molar refractivity (Wildman–Crippen MR) is 123 cm³/mol. The van der Waals surface area contributed by atoms with Gasteiger partial charge in [-0.05, 0) is 18.5 Å². The molecule has 0 spiro atoms. The molecule has 4 rings (SSSR count). The number of hydrogen-bond donors (Lipinski definition) is 5. The van der Waals surface area contributed by atoms with Crippen LogP contribution < -0.4 is 5.73 Å². The van der Waals surface area contributed by atoms with Gasteiger partial charge in [0, 0.05) is 11.8 Å². The molecule has 1 fully saturated rings. The van der Waals surface area contributed by atoms with Gasteiger partial charge in [-0.2, -0.15) is 9.97 Å². The Morgan fingerprint density at radius 1 is 1.39 bits per heavy atom. The minimum Gasteiger partial charge on any atom is -0.479 e. The number of aliphatic hydroxyl groups excluding tert-OH is 1. The first kappa shape index (κ1) is 25.7. The molecule has 14 nitrogen and oxygen atoms in total. The third-order valence-electron chi connectivity index (χ3n) is 5.99. The van der Waals surface area contributed by atoms with E-state index < -0.39 is 54.1 Å². The van der Waals surface area contributed by atoms with E-state index in [1.165, 1.54) is 28.7 Å². The summed E-state index contributed by atoms with van der Waals surface area (Å²) in [5.74, 6) is -1.63. The Kier molecular flexibility index (Phi) is 6.37. The molecule has 0 saturated carbocycles. The van der Waals surface area contributed by atoms with Gasteiger partial charge in [-0.3, -0.25) is 4.57 Å². The van der Waals surface area contributed by atoms with Crippen molar-refractivity contribution in [3.63, 3.8) is 0 Å². The van der Waals surface area contributed by atoms with Crippen molar-refractivity contribution in [1.82, 2.24) is 24.5 Å². The molecule has 0 bridgehead atoms. The van der Waals surface area contributed by atoms with Crippen LogP contribution in [0, 0.1) is 12.3 Å². The lowest BCUT2D eigenvalue weighted by Gasteiger charge is -2.31. The molecule has 4 heterocycles. The quantitative estimate of drug-likeness (QED) is 0.139. The zero-order valence-electron chi connectivity index (χ0n) is 18.4. The molecule has 3 aromatic rings. The number of aliphatic carboxylic acids is 2. The zero-order valence-corrected chi connectivity index (χ0v) is 20.0. The molecule has 1 aliphatic heterocycles. The van der Waals surface area contributed by atoms with Gasteiger partial charge in [-0.1, -0.05) is 5.92 Å². The van der Waals surface area contributed by atoms with Gasteiger partial charge in [-0.15, -0.1) is 17.8 Å². The fraction of sp³-hybridized carbons (Fsp3) is 0.400. The van der Waals surface area contributed by atoms with Crippen LogP contribution in [0.5, 0.6) is 0 Å². The van der Waals surface area contributed by atoms with E-state index in [-0.39, 0.29) is 28.0 Å². The van der Waals surface area contributed by atoms with Gasteiger partial charge in [-0.25, -0.2) is 19.6 Å². The first-order chi connectivity index (χ1) is 16.9. The van der Waals surface area contributed by atoms with Crippen LogP contribution in [-0.4, -0.2) is 86.9 Å². The highest BCUT2D eigenvalue weighted by atomic mass is 35.5. The molecule has 1 aliphatic rings. The van der Waals surface area contributed by atoms with Gasteiger partial charge in [0.25, 0.3) is 5.60 Å². The van der Waals surface area contributed by atoms with Crippen LogP contribution >= 0.6 is 22.9 Å². The lowest BCUT2D eigenvalue weighted by Crippen LogP contribution is -2.55. The number of carboxylic acid groups (broad SMARTS) is 2. The maximum atomic E-state index is 12.0. The van der Waals surface area contributed by atoms with Gasteiger partial charge < -0.3 is 35.6 Å². The third-order valence-corrected chi connectivity index (χ3v) is 6.79. The average molecular weight is 539 g/mol. The van der Waals surface area contributed by atoms with Gasteiger partial charge >= 0.3 is 11.9 Å². The Morgan fingerprint density at radius 2 is 2.08 bits per heavy atom. The number of ether oxygens (including phenoxy) is 2. The van der Waals surface area contributed by atoms with Crippen molar-refractivity contribution in [1.29, 1.82) is 0 Å². The minimum absolute atomic E-state index is 0.0453. The second-order valence-electron chi connectivity index (χ2n) is 8.10. The third kappa shape index (κ3) is 3.84. The molecular formula is C20H19ClN6O8S. The highest BCUT2D eigenvalue weighted by Gasteiger charge is 2.63. The number of rotatable bonds is 8. The van der Waals surface area contributed by atoms with Crippen molar-refractivity contribution < 1.29 is 39.5 Å². The zero-order chi connectivity index (χ0) is 26.5. The summed E-state index contributed by atoms with van der Waals surface area (Å²) in [6.07, 6.45) is 2.66. The Labute approximate surface area is 211 Å². The topological polar surface area (TPSA) is 216 Å². The molecule has 0 unspecified atom stereocenters. The summed E-state index contributed by atoms with van der Waals surface area (Å²) in [7, 11) is 0. The SMILES string of the molecule is C#C[C@]1(O)[C@@H](O)[C@](C)(n2cnc3c(N)nc(Cl)nc32)O[C@@H]1COC(Cc1cscn1)(C(=O)O)C(=O)O. The molecule has 0 aromatic carbocycles. The Hall–Kier alpha value is -3.39. The maximum Gasteiger partial charge on any atom is 0.348 e. The molecule has 6 N–H and O–H groups in total. The number of imidazole rings is 1. The number of thiazole rings is 1. The number of aromatic nitrogens is 5. The maximum absolute atomic E-state index is 12.0. The summed E-state index contributed by atoms with van der Waals surface area (Å²) in [6, 6.07) is 0. The fourth-order valence-electron chi connectivity index (χ4n) is 3.98. The highest BCUT2D eigenvalue weighted by Crippen LogP contribution is 2.43. The number of nitrogens with zero attached hydrogens (tertiary/aromatic N) is 5. The molecule has 0 amide bonds. The average Bonchev–Trinajstić information content (AvgIpc) is 3.52. The van der Waals surface area contributed by atoms with E-state index in [4.69, 9.17) is 33.2 Å². The number of terminal acetylenes is 1. The number of carbonyl (C=O) groups is 2. The molecule has 16 heteroatoms.